The van der Waals surface area contributed by atoms with Crippen molar-refractivity contribution >= 4 is 17.9 Å². The predicted octanol–water partition coefficient (Wildman–Crippen LogP) is 25.5. The van der Waals surface area contributed by atoms with Gasteiger partial charge >= 0.3 is 17.9 Å². The molecular weight excluding hydrogens is 1010 g/mol. The van der Waals surface area contributed by atoms with Crippen LogP contribution in [0.25, 0.3) is 0 Å². The molecule has 6 nitrogen and oxygen atoms in total. The molecule has 0 aliphatic carbocycles. The average Bonchev–Trinajstić information content (AvgIpc) is 3.47. The van der Waals surface area contributed by atoms with E-state index in [2.05, 4.69) is 57.2 Å². The zero-order valence-corrected chi connectivity index (χ0v) is 55.5. The molecule has 0 radical (unpaired) electrons. The summed E-state index contributed by atoms with van der Waals surface area (Å²) >= 11 is 0. The zero-order valence-electron chi connectivity index (χ0n) is 55.5. The van der Waals surface area contributed by atoms with Gasteiger partial charge in [-0.15, -0.1) is 0 Å². The number of hydrogen-bond donors (Lipinski definition) is 0. The van der Waals surface area contributed by atoms with E-state index in [0.29, 0.717) is 19.3 Å². The van der Waals surface area contributed by atoms with E-state index in [1.807, 2.05) is 0 Å². The van der Waals surface area contributed by atoms with Gasteiger partial charge in [-0.25, -0.2) is 0 Å². The molecule has 0 saturated carbocycles. The van der Waals surface area contributed by atoms with Crippen molar-refractivity contribution in [3.8, 4) is 0 Å². The zero-order chi connectivity index (χ0) is 59.2. The quantitative estimate of drug-likeness (QED) is 0.0261. The molecular formula is C76H142O6. The molecule has 0 aromatic heterocycles. The molecule has 6 heteroatoms. The van der Waals surface area contributed by atoms with Crippen LogP contribution in [0.5, 0.6) is 0 Å². The summed E-state index contributed by atoms with van der Waals surface area (Å²) < 4.78 is 17.0. The van der Waals surface area contributed by atoms with Crippen LogP contribution >= 0.6 is 0 Å². The van der Waals surface area contributed by atoms with Crippen LogP contribution in [0.15, 0.2) is 36.5 Å². The SMILES string of the molecule is CC/C=C\C/C=C\C/C=C\CCCCCCCC(=O)OCC(COC(=O)CCCCCCCCCCCCCCCCCCCCCCCCCCCC)OC(=O)CCCCCCCCCCCCCCCCCCCCCCCCC. The third-order valence-electron chi connectivity index (χ3n) is 16.9. The van der Waals surface area contributed by atoms with Crippen LogP contribution in [0.3, 0.4) is 0 Å². The van der Waals surface area contributed by atoms with E-state index >= 15 is 0 Å². The van der Waals surface area contributed by atoms with E-state index in [1.165, 1.54) is 276 Å². The lowest BCUT2D eigenvalue weighted by Crippen LogP contribution is -2.30. The Bertz CT molecular complexity index is 1370. The Morgan fingerprint density at radius 1 is 0.256 bits per heavy atom. The molecule has 0 aromatic carbocycles. The Morgan fingerprint density at radius 3 is 0.744 bits per heavy atom. The van der Waals surface area contributed by atoms with Crippen molar-refractivity contribution in [3.63, 3.8) is 0 Å². The summed E-state index contributed by atoms with van der Waals surface area (Å²) in [5.74, 6) is -0.856. The van der Waals surface area contributed by atoms with Gasteiger partial charge in [0.25, 0.3) is 0 Å². The number of hydrogen-bond acceptors (Lipinski definition) is 6. The smallest absolute Gasteiger partial charge is 0.306 e. The second kappa shape index (κ2) is 71.1. The second-order valence-electron chi connectivity index (χ2n) is 25.2. The molecule has 0 saturated heterocycles. The summed E-state index contributed by atoms with van der Waals surface area (Å²) in [6.07, 6.45) is 89.1. The Balaban J connectivity index is 4.23. The van der Waals surface area contributed by atoms with Gasteiger partial charge in [0, 0.05) is 19.3 Å². The second-order valence-corrected chi connectivity index (χ2v) is 25.2. The lowest BCUT2D eigenvalue weighted by atomic mass is 10.0. The Kier molecular flexibility index (Phi) is 69.1. The van der Waals surface area contributed by atoms with Crippen molar-refractivity contribution in [2.45, 2.75) is 419 Å². The molecule has 0 fully saturated rings. The minimum absolute atomic E-state index is 0.0717. The van der Waals surface area contributed by atoms with Gasteiger partial charge in [0.05, 0.1) is 0 Å². The highest BCUT2D eigenvalue weighted by Gasteiger charge is 2.20. The van der Waals surface area contributed by atoms with Gasteiger partial charge in [-0.1, -0.05) is 378 Å². The molecule has 0 aliphatic heterocycles. The Labute approximate surface area is 512 Å². The monoisotopic (exact) mass is 1150 g/mol. The van der Waals surface area contributed by atoms with Crippen LogP contribution in [0, 0.1) is 0 Å². The van der Waals surface area contributed by atoms with E-state index in [9.17, 15) is 14.4 Å². The third-order valence-corrected chi connectivity index (χ3v) is 16.9. The van der Waals surface area contributed by atoms with Gasteiger partial charge in [0.2, 0.25) is 0 Å². The summed E-state index contributed by atoms with van der Waals surface area (Å²) in [5.41, 5.74) is 0. The molecule has 0 rings (SSSR count). The normalized spacial score (nSPS) is 12.2. The topological polar surface area (TPSA) is 78.9 Å². The lowest BCUT2D eigenvalue weighted by molar-refractivity contribution is -0.167. The number of rotatable bonds is 69. The maximum absolute atomic E-state index is 13.0. The lowest BCUT2D eigenvalue weighted by Gasteiger charge is -2.18. The van der Waals surface area contributed by atoms with Gasteiger partial charge < -0.3 is 14.2 Å². The summed E-state index contributed by atoms with van der Waals surface area (Å²) in [5, 5.41) is 0. The van der Waals surface area contributed by atoms with Crippen LogP contribution in [-0.2, 0) is 28.6 Å². The van der Waals surface area contributed by atoms with Crippen molar-refractivity contribution in [1.29, 1.82) is 0 Å². The first-order valence-electron chi connectivity index (χ1n) is 37.0. The Hall–Kier alpha value is -2.37. The molecule has 0 aliphatic rings. The molecule has 0 aromatic rings. The van der Waals surface area contributed by atoms with Crippen molar-refractivity contribution in [3.05, 3.63) is 36.5 Å². The van der Waals surface area contributed by atoms with Crippen molar-refractivity contribution < 1.29 is 28.6 Å². The Morgan fingerprint density at radius 2 is 0.476 bits per heavy atom. The number of ether oxygens (including phenoxy) is 3. The molecule has 0 heterocycles. The van der Waals surface area contributed by atoms with Gasteiger partial charge in [-0.05, 0) is 51.4 Å². The number of carbonyl (C=O) groups is 3. The first-order valence-corrected chi connectivity index (χ1v) is 37.0. The van der Waals surface area contributed by atoms with E-state index in [4.69, 9.17) is 14.2 Å². The fourth-order valence-corrected chi connectivity index (χ4v) is 11.4. The standard InChI is InChI=1S/C76H142O6/c1-4-7-10-13-16-19-22-25-28-30-32-34-36-37-38-40-41-43-45-48-51-54-57-60-63-66-69-75(78)81-72-73(71-80-74(77)68-65-62-59-56-53-50-47-27-24-21-18-15-12-9-6-3)82-76(79)70-67-64-61-58-55-52-49-46-44-42-39-35-33-31-29-26-23-20-17-14-11-8-5-2/h9,12,18,21,27,47,73H,4-8,10-11,13-17,19-20,22-26,28-46,48-72H2,1-3H3/b12-9-,21-18-,47-27-. The van der Waals surface area contributed by atoms with E-state index < -0.39 is 6.10 Å². The summed E-state index contributed by atoms with van der Waals surface area (Å²) in [4.78, 5) is 38.5. The largest absolute Gasteiger partial charge is 0.462 e. The molecule has 0 N–H and O–H groups in total. The molecule has 82 heavy (non-hydrogen) atoms. The summed E-state index contributed by atoms with van der Waals surface area (Å²) in [6.45, 7) is 6.61. The average molecular weight is 1150 g/mol. The van der Waals surface area contributed by atoms with Gasteiger partial charge in [0.1, 0.15) is 13.2 Å². The highest BCUT2D eigenvalue weighted by atomic mass is 16.6. The summed E-state index contributed by atoms with van der Waals surface area (Å²) in [6, 6.07) is 0. The first-order chi connectivity index (χ1) is 40.5. The van der Waals surface area contributed by atoms with E-state index in [1.54, 1.807) is 0 Å². The molecule has 0 spiro atoms. The van der Waals surface area contributed by atoms with Gasteiger partial charge in [0.15, 0.2) is 6.10 Å². The highest BCUT2D eigenvalue weighted by molar-refractivity contribution is 5.71. The molecule has 1 unspecified atom stereocenters. The maximum Gasteiger partial charge on any atom is 0.306 e. The molecule has 0 amide bonds. The molecule has 482 valence electrons. The fraction of sp³-hybridized carbons (Fsp3) is 0.882. The summed E-state index contributed by atoms with van der Waals surface area (Å²) in [7, 11) is 0. The van der Waals surface area contributed by atoms with E-state index in [-0.39, 0.29) is 31.1 Å². The van der Waals surface area contributed by atoms with Gasteiger partial charge in [-0.2, -0.15) is 0 Å². The van der Waals surface area contributed by atoms with E-state index in [0.717, 1.165) is 96.3 Å². The maximum atomic E-state index is 13.0. The number of unbranched alkanes of at least 4 members (excludes halogenated alkanes) is 52. The van der Waals surface area contributed by atoms with Crippen LogP contribution in [-0.4, -0.2) is 37.2 Å². The predicted molar refractivity (Wildman–Crippen MR) is 358 cm³/mol. The minimum Gasteiger partial charge on any atom is -0.462 e. The van der Waals surface area contributed by atoms with Crippen LogP contribution in [0.4, 0.5) is 0 Å². The molecule has 0 bridgehead atoms. The molecule has 1 atom stereocenters. The number of esters is 3. The van der Waals surface area contributed by atoms with Crippen molar-refractivity contribution in [2.75, 3.05) is 13.2 Å². The highest BCUT2D eigenvalue weighted by Crippen LogP contribution is 2.19. The minimum atomic E-state index is -0.777. The fourth-order valence-electron chi connectivity index (χ4n) is 11.4. The first kappa shape index (κ1) is 79.6. The van der Waals surface area contributed by atoms with Crippen LogP contribution < -0.4 is 0 Å². The van der Waals surface area contributed by atoms with Crippen LogP contribution in [0.2, 0.25) is 0 Å². The number of carbonyl (C=O) groups excluding carboxylic acids is 3. The third kappa shape index (κ3) is 68.4. The number of allylic oxidation sites excluding steroid dienone is 6. The van der Waals surface area contributed by atoms with Crippen molar-refractivity contribution in [2.24, 2.45) is 0 Å². The van der Waals surface area contributed by atoms with Gasteiger partial charge in [-0.3, -0.25) is 14.4 Å². The van der Waals surface area contributed by atoms with Crippen molar-refractivity contribution in [1.82, 2.24) is 0 Å². The van der Waals surface area contributed by atoms with Crippen LogP contribution in [0.1, 0.15) is 412 Å².